The van der Waals surface area contributed by atoms with Gasteiger partial charge in [-0.1, -0.05) is 6.07 Å². The average molecular weight is 402 g/mol. The molecule has 0 radical (unpaired) electrons. The molecular formula is C18H25F3N4O3. The van der Waals surface area contributed by atoms with Crippen LogP contribution in [0.1, 0.15) is 25.3 Å². The first-order valence-electron chi connectivity index (χ1n) is 9.08. The van der Waals surface area contributed by atoms with Crippen LogP contribution in [0, 0.1) is 5.92 Å². The molecule has 1 aliphatic heterocycles. The van der Waals surface area contributed by atoms with Crippen molar-refractivity contribution < 1.29 is 27.4 Å². The van der Waals surface area contributed by atoms with Gasteiger partial charge in [-0.3, -0.25) is 4.79 Å². The van der Waals surface area contributed by atoms with Crippen LogP contribution in [0.15, 0.2) is 23.3 Å². The van der Waals surface area contributed by atoms with E-state index in [9.17, 15) is 18.0 Å². The number of halogens is 3. The van der Waals surface area contributed by atoms with Gasteiger partial charge in [0.15, 0.2) is 12.6 Å². The van der Waals surface area contributed by atoms with Crippen LogP contribution < -0.4 is 10.1 Å². The molecule has 1 aromatic rings. The lowest BCUT2D eigenvalue weighted by Gasteiger charge is -2.33. The van der Waals surface area contributed by atoms with Gasteiger partial charge in [-0.25, -0.2) is 9.98 Å². The average Bonchev–Trinajstić information content (AvgIpc) is 2.69. The number of nitrogens with zero attached hydrogens (tertiary/aromatic N) is 3. The van der Waals surface area contributed by atoms with Crippen LogP contribution in [0.3, 0.4) is 0 Å². The van der Waals surface area contributed by atoms with Gasteiger partial charge in [-0.05, 0) is 25.3 Å². The van der Waals surface area contributed by atoms with Gasteiger partial charge in [0.2, 0.25) is 5.88 Å². The third-order valence-electron chi connectivity index (χ3n) is 4.26. The molecule has 156 valence electrons. The molecule has 1 aromatic heterocycles. The van der Waals surface area contributed by atoms with E-state index in [4.69, 9.17) is 4.74 Å². The summed E-state index contributed by atoms with van der Waals surface area (Å²) in [6.07, 6.45) is -1.55. The lowest BCUT2D eigenvalue weighted by atomic mass is 9.97. The van der Waals surface area contributed by atoms with E-state index in [0.717, 1.165) is 11.5 Å². The number of rotatable bonds is 6. The molecule has 0 spiro atoms. The van der Waals surface area contributed by atoms with Crippen LogP contribution in [0.25, 0.3) is 0 Å². The molecule has 1 N–H and O–H groups in total. The number of aliphatic imine (C=N–C) groups is 1. The molecule has 0 saturated carbocycles. The third kappa shape index (κ3) is 6.90. The predicted molar refractivity (Wildman–Crippen MR) is 96.9 cm³/mol. The number of carbonyl (C=O) groups excluding carboxylic acids is 1. The van der Waals surface area contributed by atoms with Crippen LogP contribution in [0.4, 0.5) is 13.2 Å². The van der Waals surface area contributed by atoms with Gasteiger partial charge in [0.1, 0.15) is 0 Å². The fourth-order valence-corrected chi connectivity index (χ4v) is 2.83. The van der Waals surface area contributed by atoms with Crippen LogP contribution in [-0.4, -0.2) is 61.3 Å². The molecule has 1 fully saturated rings. The summed E-state index contributed by atoms with van der Waals surface area (Å²) in [5.41, 5.74) is 0.749. The highest BCUT2D eigenvalue weighted by atomic mass is 19.4. The highest BCUT2D eigenvalue weighted by Gasteiger charge is 2.29. The van der Waals surface area contributed by atoms with Gasteiger partial charge in [0.25, 0.3) is 0 Å². The summed E-state index contributed by atoms with van der Waals surface area (Å²) in [4.78, 5) is 22.2. The van der Waals surface area contributed by atoms with E-state index in [1.54, 1.807) is 6.07 Å². The zero-order valence-corrected chi connectivity index (χ0v) is 16.0. The largest absolute Gasteiger partial charge is 0.469 e. The molecule has 1 aliphatic rings. The summed E-state index contributed by atoms with van der Waals surface area (Å²) in [6.45, 7) is 2.99. The predicted octanol–water partition coefficient (Wildman–Crippen LogP) is 2.37. The first-order valence-corrected chi connectivity index (χ1v) is 9.08. The minimum atomic E-state index is -4.40. The van der Waals surface area contributed by atoms with Crippen LogP contribution in [-0.2, 0) is 16.1 Å². The maximum atomic E-state index is 12.2. The number of ether oxygens (including phenoxy) is 2. The fourth-order valence-electron chi connectivity index (χ4n) is 2.83. The summed E-state index contributed by atoms with van der Waals surface area (Å²) < 4.78 is 45.9. The Bertz CT molecular complexity index is 657. The Balaban J connectivity index is 1.92. The number of aromatic nitrogens is 1. The van der Waals surface area contributed by atoms with Gasteiger partial charge >= 0.3 is 12.1 Å². The van der Waals surface area contributed by atoms with Gasteiger partial charge in [-0.15, -0.1) is 0 Å². The van der Waals surface area contributed by atoms with E-state index in [1.807, 2.05) is 6.92 Å². The van der Waals surface area contributed by atoms with Crippen molar-refractivity contribution in [1.82, 2.24) is 15.2 Å². The van der Waals surface area contributed by atoms with Crippen LogP contribution in [0.2, 0.25) is 0 Å². The Kier molecular flexibility index (Phi) is 7.89. The van der Waals surface area contributed by atoms with E-state index in [-0.39, 0.29) is 17.8 Å². The van der Waals surface area contributed by atoms with E-state index >= 15 is 0 Å². The topological polar surface area (TPSA) is 76.1 Å². The number of esters is 1. The highest BCUT2D eigenvalue weighted by molar-refractivity contribution is 5.80. The Morgan fingerprint density at radius 1 is 1.36 bits per heavy atom. The van der Waals surface area contributed by atoms with Gasteiger partial charge in [0, 0.05) is 31.9 Å². The van der Waals surface area contributed by atoms with Crippen molar-refractivity contribution in [2.45, 2.75) is 32.5 Å². The molecule has 7 nitrogen and oxygen atoms in total. The van der Waals surface area contributed by atoms with Gasteiger partial charge in [-0.2, -0.15) is 13.2 Å². The molecule has 0 unspecified atom stereocenters. The van der Waals surface area contributed by atoms with Gasteiger partial charge in [0.05, 0.1) is 19.6 Å². The third-order valence-corrected chi connectivity index (χ3v) is 4.26. The monoisotopic (exact) mass is 402 g/mol. The normalized spacial score (nSPS) is 16.0. The molecule has 10 heteroatoms. The summed E-state index contributed by atoms with van der Waals surface area (Å²) in [6, 6.07) is 3.03. The molecule has 0 atom stereocenters. The summed E-state index contributed by atoms with van der Waals surface area (Å²) in [5.74, 6) is 0.378. The molecule has 0 amide bonds. The van der Waals surface area contributed by atoms with Crippen molar-refractivity contribution in [3.63, 3.8) is 0 Å². The van der Waals surface area contributed by atoms with E-state index < -0.39 is 12.8 Å². The van der Waals surface area contributed by atoms with E-state index in [2.05, 4.69) is 24.9 Å². The molecular weight excluding hydrogens is 377 g/mol. The second-order valence-electron chi connectivity index (χ2n) is 6.36. The first kappa shape index (κ1) is 21.8. The Hall–Kier alpha value is -2.52. The molecule has 1 saturated heterocycles. The number of likely N-dealkylation sites (tertiary alicyclic amines) is 1. The second kappa shape index (κ2) is 10.1. The maximum absolute atomic E-state index is 12.2. The molecule has 28 heavy (non-hydrogen) atoms. The minimum Gasteiger partial charge on any atom is -0.469 e. The molecule has 0 bridgehead atoms. The Labute approximate surface area is 161 Å². The molecule has 2 rings (SSSR count). The van der Waals surface area contributed by atoms with Crippen molar-refractivity contribution in [3.05, 3.63) is 23.9 Å². The van der Waals surface area contributed by atoms with E-state index in [0.29, 0.717) is 39.0 Å². The number of guanidine groups is 1. The molecule has 2 heterocycles. The Morgan fingerprint density at radius 3 is 2.61 bits per heavy atom. The number of piperidine rings is 1. The SMILES string of the molecule is CCNC(=NCc1ccc(OCC(F)(F)F)nc1)N1CCC(C(=O)OC)CC1. The first-order chi connectivity index (χ1) is 13.3. The summed E-state index contributed by atoms with van der Waals surface area (Å²) in [5, 5.41) is 3.22. The number of methoxy groups -OCH3 is 1. The van der Waals surface area contributed by atoms with Gasteiger partial charge < -0.3 is 19.7 Å². The van der Waals surface area contributed by atoms with Crippen molar-refractivity contribution >= 4 is 11.9 Å². The Morgan fingerprint density at radius 2 is 2.07 bits per heavy atom. The number of hydrogen-bond donors (Lipinski definition) is 1. The summed E-state index contributed by atoms with van der Waals surface area (Å²) in [7, 11) is 1.40. The fraction of sp³-hybridized carbons (Fsp3) is 0.611. The number of carbonyl (C=O) groups is 1. The number of hydrogen-bond acceptors (Lipinski definition) is 5. The second-order valence-corrected chi connectivity index (χ2v) is 6.36. The van der Waals surface area contributed by atoms with Crippen LogP contribution >= 0.6 is 0 Å². The van der Waals surface area contributed by atoms with Crippen LogP contribution in [0.5, 0.6) is 5.88 Å². The van der Waals surface area contributed by atoms with Crippen molar-refractivity contribution in [1.29, 1.82) is 0 Å². The standard InChI is InChI=1S/C18H25F3N4O3/c1-3-22-17(25-8-6-14(7-9-25)16(26)27-2)24-11-13-4-5-15(23-10-13)28-12-18(19,20)21/h4-5,10,14H,3,6-9,11-12H2,1-2H3,(H,22,24). The number of alkyl halides is 3. The van der Waals surface area contributed by atoms with Crippen molar-refractivity contribution in [2.24, 2.45) is 10.9 Å². The number of pyridine rings is 1. The maximum Gasteiger partial charge on any atom is 0.422 e. The highest BCUT2D eigenvalue weighted by Crippen LogP contribution is 2.19. The molecule has 0 aliphatic carbocycles. The molecule has 0 aromatic carbocycles. The smallest absolute Gasteiger partial charge is 0.422 e. The lowest BCUT2D eigenvalue weighted by Crippen LogP contribution is -2.46. The number of nitrogens with one attached hydrogen (secondary N) is 1. The van der Waals surface area contributed by atoms with Crippen molar-refractivity contribution in [3.8, 4) is 5.88 Å². The van der Waals surface area contributed by atoms with E-state index in [1.165, 1.54) is 19.4 Å². The zero-order chi connectivity index (χ0) is 20.6. The summed E-state index contributed by atoms with van der Waals surface area (Å²) >= 11 is 0. The van der Waals surface area contributed by atoms with Crippen molar-refractivity contribution in [2.75, 3.05) is 33.4 Å². The lowest BCUT2D eigenvalue weighted by molar-refractivity contribution is -0.154. The zero-order valence-electron chi connectivity index (χ0n) is 16.0. The quantitative estimate of drug-likeness (QED) is 0.447. The minimum absolute atomic E-state index is 0.0816.